The fraction of sp³-hybridized carbons (Fsp3) is 0.792. The average Bonchev–Trinajstić information content (AvgIpc) is 2.72. The molecule has 0 bridgehead atoms. The summed E-state index contributed by atoms with van der Waals surface area (Å²) in [4.78, 5) is 34.0. The van der Waals surface area contributed by atoms with E-state index >= 15 is 0 Å². The minimum atomic E-state index is -0.841. The van der Waals surface area contributed by atoms with Crippen molar-refractivity contribution in [2.24, 2.45) is 17.8 Å². The summed E-state index contributed by atoms with van der Waals surface area (Å²) in [7, 11) is 0. The zero-order chi connectivity index (χ0) is 23.9. The number of allylic oxidation sites excluding steroid dienone is 1. The van der Waals surface area contributed by atoms with Crippen LogP contribution in [0.5, 0.6) is 0 Å². The molecule has 7 heteroatoms. The maximum Gasteiger partial charge on any atom is 0.306 e. The van der Waals surface area contributed by atoms with Gasteiger partial charge in [0.1, 0.15) is 0 Å². The van der Waals surface area contributed by atoms with E-state index in [1.165, 1.54) is 12.8 Å². The molecule has 0 amide bonds. The van der Waals surface area contributed by atoms with E-state index < -0.39 is 35.7 Å². The number of rotatable bonds is 19. The molecule has 3 atom stereocenters. The Morgan fingerprint density at radius 1 is 0.677 bits per heavy atom. The van der Waals surface area contributed by atoms with E-state index in [1.54, 1.807) is 20.8 Å². The van der Waals surface area contributed by atoms with Crippen LogP contribution in [0.1, 0.15) is 79.1 Å². The number of unbranched alkanes of at least 4 members (excludes halogenated alkanes) is 3. The molecule has 0 aromatic heterocycles. The highest BCUT2D eigenvalue weighted by Gasteiger charge is 2.31. The van der Waals surface area contributed by atoms with E-state index in [9.17, 15) is 29.7 Å². The molecule has 31 heavy (non-hydrogen) atoms. The smallest absolute Gasteiger partial charge is 0.306 e. The van der Waals surface area contributed by atoms with Gasteiger partial charge in [0.25, 0.3) is 0 Å². The Kier molecular flexibility index (Phi) is 14.9. The van der Waals surface area contributed by atoms with E-state index in [-0.39, 0.29) is 0 Å². The minimum absolute atomic E-state index is 0.485. The molecule has 0 aromatic rings. The standard InChI is InChI=1S/C24H43NO6/c1-5-6-7-8-9-10-11-15-25(16-12-19(2)22(26)27,17-13-20(3)23(28)29)18-14-21(4)24(30)31/h9-10,19-21H,5-8,11-18H2,1-4H3,(H2-,26,27,28,29,30,31)/p+1/b10-9+. The van der Waals surface area contributed by atoms with Gasteiger partial charge in [0.2, 0.25) is 0 Å². The molecule has 0 aliphatic carbocycles. The average molecular weight is 443 g/mol. The molecule has 0 saturated heterocycles. The number of carbonyl (C=O) groups is 3. The lowest BCUT2D eigenvalue weighted by Gasteiger charge is -2.40. The fourth-order valence-electron chi connectivity index (χ4n) is 3.54. The Morgan fingerprint density at radius 2 is 1.06 bits per heavy atom. The highest BCUT2D eigenvalue weighted by Crippen LogP contribution is 2.21. The number of carboxylic acids is 3. The molecule has 180 valence electrons. The van der Waals surface area contributed by atoms with E-state index in [0.717, 1.165) is 25.8 Å². The number of nitrogens with zero attached hydrogens (tertiary/aromatic N) is 1. The number of hydrogen-bond donors (Lipinski definition) is 3. The van der Waals surface area contributed by atoms with Crippen LogP contribution in [0.15, 0.2) is 12.2 Å². The van der Waals surface area contributed by atoms with Crippen LogP contribution in [0.4, 0.5) is 0 Å². The molecular weight excluding hydrogens is 398 g/mol. The molecule has 0 spiro atoms. The minimum Gasteiger partial charge on any atom is -0.481 e. The van der Waals surface area contributed by atoms with Crippen molar-refractivity contribution in [2.45, 2.75) is 79.1 Å². The van der Waals surface area contributed by atoms with E-state index in [4.69, 9.17) is 0 Å². The van der Waals surface area contributed by atoms with Crippen molar-refractivity contribution in [3.63, 3.8) is 0 Å². The number of aliphatic carboxylic acids is 3. The van der Waals surface area contributed by atoms with Gasteiger partial charge in [-0.05, 0) is 12.8 Å². The Bertz CT molecular complexity index is 515. The lowest BCUT2D eigenvalue weighted by atomic mass is 10.0. The molecule has 3 N–H and O–H groups in total. The molecular formula is C24H44NO6+. The second-order valence-electron chi connectivity index (χ2n) is 9.08. The van der Waals surface area contributed by atoms with Crippen molar-refractivity contribution in [2.75, 3.05) is 26.2 Å². The van der Waals surface area contributed by atoms with E-state index in [2.05, 4.69) is 19.1 Å². The lowest BCUT2D eigenvalue weighted by Crippen LogP contribution is -2.52. The van der Waals surface area contributed by atoms with Crippen LogP contribution in [0.25, 0.3) is 0 Å². The summed E-state index contributed by atoms with van der Waals surface area (Å²) in [5, 5.41) is 27.9. The monoisotopic (exact) mass is 442 g/mol. The van der Waals surface area contributed by atoms with Crippen LogP contribution in [0, 0.1) is 17.8 Å². The molecule has 0 saturated carbocycles. The summed E-state index contributed by atoms with van der Waals surface area (Å²) in [5.41, 5.74) is 0. The quantitative estimate of drug-likeness (QED) is 0.152. The normalized spacial score (nSPS) is 16.5. The van der Waals surface area contributed by atoms with Crippen molar-refractivity contribution in [3.8, 4) is 0 Å². The third kappa shape index (κ3) is 13.2. The van der Waals surface area contributed by atoms with Crippen molar-refractivity contribution in [3.05, 3.63) is 12.2 Å². The molecule has 0 aliphatic rings. The van der Waals surface area contributed by atoms with Gasteiger partial charge < -0.3 is 19.8 Å². The molecule has 0 rings (SSSR count). The van der Waals surface area contributed by atoms with Gasteiger partial charge in [0, 0.05) is 25.7 Å². The highest BCUT2D eigenvalue weighted by atomic mass is 16.4. The van der Waals surface area contributed by atoms with Gasteiger partial charge in [-0.25, -0.2) is 0 Å². The maximum absolute atomic E-state index is 11.3. The fourth-order valence-corrected chi connectivity index (χ4v) is 3.54. The molecule has 0 aliphatic heterocycles. The summed E-state index contributed by atoms with van der Waals surface area (Å²) < 4.78 is 0.562. The van der Waals surface area contributed by atoms with Crippen molar-refractivity contribution >= 4 is 17.9 Å². The molecule has 0 aromatic carbocycles. The van der Waals surface area contributed by atoms with Crippen molar-refractivity contribution in [1.82, 2.24) is 0 Å². The van der Waals surface area contributed by atoms with Crippen LogP contribution in [0.2, 0.25) is 0 Å². The van der Waals surface area contributed by atoms with Gasteiger partial charge in [-0.1, -0.05) is 52.7 Å². The number of carboxylic acid groups (broad SMARTS) is 3. The van der Waals surface area contributed by atoms with Gasteiger partial charge in [-0.15, -0.1) is 0 Å². The first kappa shape index (κ1) is 29.1. The van der Waals surface area contributed by atoms with Gasteiger partial charge >= 0.3 is 17.9 Å². The summed E-state index contributed by atoms with van der Waals surface area (Å²) in [6.07, 6.45) is 11.2. The zero-order valence-electron chi connectivity index (χ0n) is 19.9. The highest BCUT2D eigenvalue weighted by molar-refractivity contribution is 5.70. The van der Waals surface area contributed by atoms with Crippen LogP contribution in [0.3, 0.4) is 0 Å². The molecule has 3 unspecified atom stereocenters. The zero-order valence-corrected chi connectivity index (χ0v) is 19.9. The third-order valence-electron chi connectivity index (χ3n) is 6.29. The Hall–Kier alpha value is -1.89. The second kappa shape index (κ2) is 15.8. The van der Waals surface area contributed by atoms with Crippen molar-refractivity contribution < 1.29 is 34.2 Å². The van der Waals surface area contributed by atoms with Crippen LogP contribution in [-0.2, 0) is 14.4 Å². The molecule has 7 nitrogen and oxygen atoms in total. The van der Waals surface area contributed by atoms with Crippen LogP contribution >= 0.6 is 0 Å². The van der Waals surface area contributed by atoms with E-state index in [1.807, 2.05) is 0 Å². The van der Waals surface area contributed by atoms with Gasteiger partial charge in [0.05, 0.1) is 43.9 Å². The number of hydrogen-bond acceptors (Lipinski definition) is 3. The second-order valence-corrected chi connectivity index (χ2v) is 9.08. The van der Waals surface area contributed by atoms with Gasteiger partial charge in [-0.3, -0.25) is 14.4 Å². The molecule has 0 fully saturated rings. The predicted molar refractivity (Wildman–Crippen MR) is 122 cm³/mol. The van der Waals surface area contributed by atoms with Crippen molar-refractivity contribution in [1.29, 1.82) is 0 Å². The largest absolute Gasteiger partial charge is 0.481 e. The van der Waals surface area contributed by atoms with Gasteiger partial charge in [-0.2, -0.15) is 0 Å². The Labute approximate surface area is 187 Å². The summed E-state index contributed by atoms with van der Waals surface area (Å²) in [6, 6.07) is 0. The Morgan fingerprint density at radius 3 is 1.42 bits per heavy atom. The van der Waals surface area contributed by atoms with Gasteiger partial charge in [0.15, 0.2) is 0 Å². The third-order valence-corrected chi connectivity index (χ3v) is 6.29. The maximum atomic E-state index is 11.3. The lowest BCUT2D eigenvalue weighted by molar-refractivity contribution is -0.929. The number of quaternary nitrogens is 1. The molecule has 0 radical (unpaired) electrons. The predicted octanol–water partition coefficient (Wildman–Crippen LogP) is 4.66. The van der Waals surface area contributed by atoms with Crippen LogP contribution < -0.4 is 0 Å². The summed E-state index contributed by atoms with van der Waals surface area (Å²) >= 11 is 0. The SMILES string of the molecule is CCCCC/C=C/CC[N+](CCC(C)C(=O)O)(CCC(C)C(=O)O)CCC(C)C(=O)O. The van der Waals surface area contributed by atoms with E-state index in [0.29, 0.717) is 43.4 Å². The summed E-state index contributed by atoms with van der Waals surface area (Å²) in [6.45, 7) is 9.81. The summed E-state index contributed by atoms with van der Waals surface area (Å²) in [5.74, 6) is -3.99. The first-order valence-corrected chi connectivity index (χ1v) is 11.7. The van der Waals surface area contributed by atoms with Crippen LogP contribution in [-0.4, -0.2) is 63.9 Å². The first-order valence-electron chi connectivity index (χ1n) is 11.7. The first-order chi connectivity index (χ1) is 14.5. The molecule has 0 heterocycles. The topological polar surface area (TPSA) is 112 Å². The Balaban J connectivity index is 5.37.